The van der Waals surface area contributed by atoms with Gasteiger partial charge in [0, 0.05) is 0 Å². The van der Waals surface area contributed by atoms with Gasteiger partial charge in [0.25, 0.3) is 0 Å². The standard InChI is InChI=1S/C16H26O3.C6H5N3/c1-10(2)6-11(3)7-12(4)8-13(5)14-9-15(17)19-16(14)18;1-2-4-6-5(3-1)7-9-8-6/h11-14H,1,6-9H2,2-5H3;1-4H,(H,7,8,9). The first-order valence-electron chi connectivity index (χ1n) is 9.90. The van der Waals surface area contributed by atoms with Crippen LogP contribution in [0.3, 0.4) is 0 Å². The van der Waals surface area contributed by atoms with Crippen molar-refractivity contribution in [2.75, 3.05) is 0 Å². The molecule has 2 aromatic rings. The molecule has 1 aromatic heterocycles. The Bertz CT molecular complexity index is 784. The molecule has 1 aliphatic rings. The molecule has 3 rings (SSSR count). The van der Waals surface area contributed by atoms with Gasteiger partial charge in [0.1, 0.15) is 11.0 Å². The molecule has 0 radical (unpaired) electrons. The Morgan fingerprint density at radius 2 is 1.75 bits per heavy atom. The lowest BCUT2D eigenvalue weighted by molar-refractivity contribution is -0.153. The van der Waals surface area contributed by atoms with E-state index >= 15 is 0 Å². The lowest BCUT2D eigenvalue weighted by atomic mass is 9.81. The molecule has 0 amide bonds. The SMILES string of the molecule is C=C(C)CC(C)CC(C)CC(C)C1CC(=O)OC1=O.c1ccc2n[nH]nc2c1. The number of aromatic amines is 1. The fraction of sp³-hybridized carbons (Fsp3) is 0.545. The number of rotatable bonds is 7. The normalized spacial score (nSPS) is 19.5. The number of esters is 2. The van der Waals surface area contributed by atoms with E-state index in [1.54, 1.807) is 0 Å². The molecular formula is C22H31N3O3. The fourth-order valence-electron chi connectivity index (χ4n) is 3.97. The molecule has 4 atom stereocenters. The summed E-state index contributed by atoms with van der Waals surface area (Å²) in [6, 6.07) is 7.70. The molecule has 28 heavy (non-hydrogen) atoms. The lowest BCUT2D eigenvalue weighted by Gasteiger charge is -2.22. The van der Waals surface area contributed by atoms with Gasteiger partial charge >= 0.3 is 11.9 Å². The number of para-hydroxylation sites is 2. The summed E-state index contributed by atoms with van der Waals surface area (Å²) in [4.78, 5) is 22.6. The van der Waals surface area contributed by atoms with Crippen molar-refractivity contribution in [3.05, 3.63) is 36.4 Å². The van der Waals surface area contributed by atoms with Crippen LogP contribution in [0.5, 0.6) is 0 Å². The second kappa shape index (κ2) is 10.2. The highest BCUT2D eigenvalue weighted by atomic mass is 16.6. The first-order valence-corrected chi connectivity index (χ1v) is 9.90. The number of aromatic nitrogens is 3. The number of nitrogens with one attached hydrogen (secondary N) is 1. The van der Waals surface area contributed by atoms with E-state index in [1.165, 1.54) is 5.57 Å². The Labute approximate surface area is 166 Å². The number of fused-ring (bicyclic) bond motifs is 1. The van der Waals surface area contributed by atoms with Gasteiger partial charge in [-0.1, -0.05) is 38.5 Å². The van der Waals surface area contributed by atoms with Crippen LogP contribution >= 0.6 is 0 Å². The molecule has 1 aliphatic heterocycles. The Hall–Kier alpha value is -2.50. The molecule has 1 saturated heterocycles. The van der Waals surface area contributed by atoms with Gasteiger partial charge in [-0.2, -0.15) is 15.4 Å². The molecule has 2 heterocycles. The molecule has 0 saturated carbocycles. The number of carbonyl (C=O) groups excluding carboxylic acids is 2. The molecule has 4 unspecified atom stereocenters. The Balaban J connectivity index is 0.000000255. The summed E-state index contributed by atoms with van der Waals surface area (Å²) >= 11 is 0. The van der Waals surface area contributed by atoms with E-state index in [1.807, 2.05) is 31.2 Å². The second-order valence-corrected chi connectivity index (χ2v) is 8.24. The number of hydrogen-bond donors (Lipinski definition) is 1. The highest BCUT2D eigenvalue weighted by Crippen LogP contribution is 2.31. The number of H-pyrrole nitrogens is 1. The van der Waals surface area contributed by atoms with Crippen molar-refractivity contribution in [2.24, 2.45) is 23.7 Å². The van der Waals surface area contributed by atoms with E-state index in [0.29, 0.717) is 11.8 Å². The van der Waals surface area contributed by atoms with E-state index < -0.39 is 0 Å². The monoisotopic (exact) mass is 385 g/mol. The van der Waals surface area contributed by atoms with Crippen molar-refractivity contribution >= 4 is 23.0 Å². The van der Waals surface area contributed by atoms with Gasteiger partial charge in [-0.15, -0.1) is 6.58 Å². The molecular weight excluding hydrogens is 354 g/mol. The van der Waals surface area contributed by atoms with E-state index in [-0.39, 0.29) is 30.2 Å². The van der Waals surface area contributed by atoms with Crippen molar-refractivity contribution in [2.45, 2.75) is 53.4 Å². The van der Waals surface area contributed by atoms with Crippen LogP contribution in [0.1, 0.15) is 53.4 Å². The Kier molecular flexibility index (Phi) is 7.91. The summed E-state index contributed by atoms with van der Waals surface area (Å²) < 4.78 is 4.62. The molecule has 0 spiro atoms. The van der Waals surface area contributed by atoms with Gasteiger partial charge in [-0.05, 0) is 56.1 Å². The quantitative estimate of drug-likeness (QED) is 0.425. The molecule has 6 nitrogen and oxygen atoms in total. The first kappa shape index (κ1) is 21.8. The zero-order valence-electron chi connectivity index (χ0n) is 17.3. The van der Waals surface area contributed by atoms with E-state index in [0.717, 1.165) is 30.3 Å². The summed E-state index contributed by atoms with van der Waals surface area (Å²) in [5.41, 5.74) is 3.05. The molecule has 1 aromatic carbocycles. The number of allylic oxidation sites excluding steroid dienone is 1. The third kappa shape index (κ3) is 6.59. The van der Waals surface area contributed by atoms with Crippen LogP contribution in [0.2, 0.25) is 0 Å². The van der Waals surface area contributed by atoms with Crippen LogP contribution in [-0.4, -0.2) is 27.3 Å². The predicted octanol–water partition coefficient (Wildman–Crippen LogP) is 4.69. The first-order chi connectivity index (χ1) is 13.3. The van der Waals surface area contributed by atoms with Gasteiger partial charge < -0.3 is 4.74 Å². The predicted molar refractivity (Wildman–Crippen MR) is 109 cm³/mol. The second-order valence-electron chi connectivity index (χ2n) is 8.24. The summed E-state index contributed by atoms with van der Waals surface area (Å²) in [5.74, 6) is 0.451. The largest absolute Gasteiger partial charge is 0.393 e. The maximum absolute atomic E-state index is 11.5. The van der Waals surface area contributed by atoms with Crippen molar-refractivity contribution in [1.82, 2.24) is 15.4 Å². The fourth-order valence-corrected chi connectivity index (χ4v) is 3.97. The van der Waals surface area contributed by atoms with Crippen molar-refractivity contribution in [3.8, 4) is 0 Å². The van der Waals surface area contributed by atoms with Crippen molar-refractivity contribution in [3.63, 3.8) is 0 Å². The third-order valence-corrected chi connectivity index (χ3v) is 5.09. The lowest BCUT2D eigenvalue weighted by Crippen LogP contribution is -2.19. The average Bonchev–Trinajstić information content (AvgIpc) is 3.20. The highest BCUT2D eigenvalue weighted by molar-refractivity contribution is 5.94. The molecule has 152 valence electrons. The summed E-state index contributed by atoms with van der Waals surface area (Å²) in [6.07, 6.45) is 3.41. The number of hydrogen-bond acceptors (Lipinski definition) is 5. The van der Waals surface area contributed by atoms with Crippen molar-refractivity contribution < 1.29 is 14.3 Å². The number of carbonyl (C=O) groups is 2. The molecule has 6 heteroatoms. The van der Waals surface area contributed by atoms with E-state index in [2.05, 4.69) is 47.5 Å². The van der Waals surface area contributed by atoms with Gasteiger partial charge in [0.05, 0.1) is 12.3 Å². The number of nitrogens with zero attached hydrogens (tertiary/aromatic N) is 2. The van der Waals surface area contributed by atoms with Gasteiger partial charge in [-0.25, -0.2) is 0 Å². The third-order valence-electron chi connectivity index (χ3n) is 5.09. The minimum Gasteiger partial charge on any atom is -0.393 e. The van der Waals surface area contributed by atoms with E-state index in [9.17, 15) is 9.59 Å². The number of ether oxygens (including phenoxy) is 1. The zero-order chi connectivity index (χ0) is 20.7. The minimum absolute atomic E-state index is 0.214. The van der Waals surface area contributed by atoms with Crippen LogP contribution < -0.4 is 0 Å². The molecule has 0 bridgehead atoms. The molecule has 1 N–H and O–H groups in total. The van der Waals surface area contributed by atoms with Gasteiger partial charge in [0.2, 0.25) is 0 Å². The van der Waals surface area contributed by atoms with Crippen LogP contribution in [0.15, 0.2) is 36.4 Å². The van der Waals surface area contributed by atoms with Crippen LogP contribution in [0, 0.1) is 23.7 Å². The van der Waals surface area contributed by atoms with Gasteiger partial charge in [0.15, 0.2) is 0 Å². The highest BCUT2D eigenvalue weighted by Gasteiger charge is 2.37. The summed E-state index contributed by atoms with van der Waals surface area (Å²) in [7, 11) is 0. The van der Waals surface area contributed by atoms with Crippen LogP contribution in [0.4, 0.5) is 0 Å². The summed E-state index contributed by atoms with van der Waals surface area (Å²) in [6.45, 7) is 12.5. The van der Waals surface area contributed by atoms with Crippen LogP contribution in [-0.2, 0) is 14.3 Å². The maximum atomic E-state index is 11.5. The van der Waals surface area contributed by atoms with Gasteiger partial charge in [-0.3, -0.25) is 9.59 Å². The maximum Gasteiger partial charge on any atom is 0.317 e. The summed E-state index contributed by atoms with van der Waals surface area (Å²) in [5, 5.41) is 10.3. The topological polar surface area (TPSA) is 84.9 Å². The average molecular weight is 386 g/mol. The van der Waals surface area contributed by atoms with Crippen molar-refractivity contribution in [1.29, 1.82) is 0 Å². The minimum atomic E-state index is -0.370. The Morgan fingerprint density at radius 1 is 1.14 bits per heavy atom. The number of benzene rings is 1. The zero-order valence-corrected chi connectivity index (χ0v) is 17.3. The van der Waals surface area contributed by atoms with Crippen LogP contribution in [0.25, 0.3) is 11.0 Å². The smallest absolute Gasteiger partial charge is 0.317 e. The molecule has 0 aliphatic carbocycles. The Morgan fingerprint density at radius 3 is 2.25 bits per heavy atom. The number of cyclic esters (lactones) is 2. The van der Waals surface area contributed by atoms with E-state index in [4.69, 9.17) is 0 Å². The molecule has 1 fully saturated rings.